The molecule has 0 heterocycles. The Bertz CT molecular complexity index is 422. The second kappa shape index (κ2) is 7.07. The van der Waals surface area contributed by atoms with Crippen LogP contribution in [0, 0.1) is 0 Å². The van der Waals surface area contributed by atoms with Crippen LogP contribution < -0.4 is 0 Å². The van der Waals surface area contributed by atoms with E-state index in [1.165, 1.54) is 0 Å². The smallest absolute Gasteiger partial charge is 0.0605 e. The van der Waals surface area contributed by atoms with Crippen molar-refractivity contribution in [3.8, 4) is 0 Å². The number of rotatable bonds is 6. The molecule has 2 atom stereocenters. The first-order valence-corrected chi connectivity index (χ1v) is 6.68. The second-order valence-electron chi connectivity index (χ2n) is 4.92. The molecule has 0 fully saturated rings. The topological polar surface area (TPSA) is 40.5 Å². The van der Waals surface area contributed by atoms with Gasteiger partial charge in [0.25, 0.3) is 0 Å². The van der Waals surface area contributed by atoms with Crippen molar-refractivity contribution in [2.24, 2.45) is 0 Å². The van der Waals surface area contributed by atoms with Gasteiger partial charge in [-0.1, -0.05) is 60.7 Å². The van der Waals surface area contributed by atoms with Crippen molar-refractivity contribution in [1.82, 2.24) is 0 Å². The van der Waals surface area contributed by atoms with Gasteiger partial charge in [0.1, 0.15) is 0 Å². The average molecular weight is 256 g/mol. The van der Waals surface area contributed by atoms with Crippen molar-refractivity contribution in [1.29, 1.82) is 0 Å². The van der Waals surface area contributed by atoms with Crippen molar-refractivity contribution in [3.05, 3.63) is 71.8 Å². The lowest BCUT2D eigenvalue weighted by molar-refractivity contribution is 0.0810. The molecule has 0 aliphatic heterocycles. The van der Waals surface area contributed by atoms with E-state index >= 15 is 0 Å². The summed E-state index contributed by atoms with van der Waals surface area (Å²) in [5.41, 5.74) is 2.20. The molecule has 0 bridgehead atoms. The predicted octanol–water partition coefficient (Wildman–Crippen LogP) is 2.58. The summed E-state index contributed by atoms with van der Waals surface area (Å²) in [7, 11) is 0. The highest BCUT2D eigenvalue weighted by Gasteiger charge is 2.13. The summed E-state index contributed by atoms with van der Waals surface area (Å²) >= 11 is 0. The fourth-order valence-corrected chi connectivity index (χ4v) is 2.25. The van der Waals surface area contributed by atoms with Crippen LogP contribution in [0.5, 0.6) is 0 Å². The summed E-state index contributed by atoms with van der Waals surface area (Å²) in [5.74, 6) is 0. The Morgan fingerprint density at radius 3 is 1.37 bits per heavy atom. The Labute approximate surface area is 114 Å². The molecular weight excluding hydrogens is 236 g/mol. The summed E-state index contributed by atoms with van der Waals surface area (Å²) in [6.45, 7) is 0. The maximum absolute atomic E-state index is 9.99. The van der Waals surface area contributed by atoms with Crippen LogP contribution in [-0.2, 0) is 12.8 Å². The minimum atomic E-state index is -0.499. The van der Waals surface area contributed by atoms with Gasteiger partial charge in [-0.15, -0.1) is 0 Å². The first-order valence-electron chi connectivity index (χ1n) is 6.68. The Hall–Kier alpha value is -1.64. The van der Waals surface area contributed by atoms with E-state index in [1.807, 2.05) is 60.7 Å². The predicted molar refractivity (Wildman–Crippen MR) is 76.9 cm³/mol. The summed E-state index contributed by atoms with van der Waals surface area (Å²) in [5, 5.41) is 20.0. The van der Waals surface area contributed by atoms with Crippen LogP contribution in [0.4, 0.5) is 0 Å². The molecule has 0 aliphatic carbocycles. The van der Waals surface area contributed by atoms with Gasteiger partial charge in [0, 0.05) is 0 Å². The number of benzene rings is 2. The van der Waals surface area contributed by atoms with Gasteiger partial charge in [-0.3, -0.25) is 0 Å². The van der Waals surface area contributed by atoms with Crippen LogP contribution in [0.15, 0.2) is 60.7 Å². The zero-order valence-corrected chi connectivity index (χ0v) is 10.9. The highest BCUT2D eigenvalue weighted by Crippen LogP contribution is 2.11. The maximum atomic E-state index is 9.99. The zero-order chi connectivity index (χ0) is 13.5. The summed E-state index contributed by atoms with van der Waals surface area (Å²) in [4.78, 5) is 0. The third kappa shape index (κ3) is 4.86. The van der Waals surface area contributed by atoms with Crippen LogP contribution in [0.1, 0.15) is 17.5 Å². The van der Waals surface area contributed by atoms with E-state index < -0.39 is 12.2 Å². The Kier molecular flexibility index (Phi) is 5.13. The normalized spacial score (nSPS) is 14.0. The van der Waals surface area contributed by atoms with Gasteiger partial charge in [-0.05, 0) is 30.4 Å². The van der Waals surface area contributed by atoms with Crippen molar-refractivity contribution < 1.29 is 10.2 Å². The van der Waals surface area contributed by atoms with E-state index in [4.69, 9.17) is 0 Å². The molecule has 2 aromatic rings. The Morgan fingerprint density at radius 1 is 0.632 bits per heavy atom. The van der Waals surface area contributed by atoms with E-state index in [9.17, 15) is 10.2 Å². The Balaban J connectivity index is 1.80. The molecule has 0 radical (unpaired) electrons. The molecule has 2 nitrogen and oxygen atoms in total. The number of aliphatic hydroxyl groups excluding tert-OH is 2. The monoisotopic (exact) mass is 256 g/mol. The SMILES string of the molecule is OC(Cc1ccccc1)CC(O)Cc1ccccc1. The lowest BCUT2D eigenvalue weighted by Gasteiger charge is -2.15. The van der Waals surface area contributed by atoms with Gasteiger partial charge in [-0.25, -0.2) is 0 Å². The quantitative estimate of drug-likeness (QED) is 0.834. The molecule has 2 rings (SSSR count). The molecular formula is C17H20O2. The first kappa shape index (κ1) is 13.8. The van der Waals surface area contributed by atoms with Crippen LogP contribution in [0.3, 0.4) is 0 Å². The largest absolute Gasteiger partial charge is 0.393 e. The molecule has 0 amide bonds. The van der Waals surface area contributed by atoms with Crippen molar-refractivity contribution in [2.45, 2.75) is 31.5 Å². The van der Waals surface area contributed by atoms with Gasteiger partial charge in [0.15, 0.2) is 0 Å². The first-order chi connectivity index (χ1) is 9.24. The maximum Gasteiger partial charge on any atom is 0.0605 e. The molecule has 0 saturated heterocycles. The van der Waals surface area contributed by atoms with Gasteiger partial charge in [0.2, 0.25) is 0 Å². The van der Waals surface area contributed by atoms with Crippen molar-refractivity contribution in [2.75, 3.05) is 0 Å². The standard InChI is InChI=1S/C17H20O2/c18-16(11-14-7-3-1-4-8-14)13-17(19)12-15-9-5-2-6-10-15/h1-10,16-19H,11-13H2. The van der Waals surface area contributed by atoms with E-state index in [0.29, 0.717) is 19.3 Å². The number of hydrogen-bond donors (Lipinski definition) is 2. The average Bonchev–Trinajstić information content (AvgIpc) is 2.40. The molecule has 0 saturated carbocycles. The van der Waals surface area contributed by atoms with Crippen LogP contribution in [0.2, 0.25) is 0 Å². The highest BCUT2D eigenvalue weighted by atomic mass is 16.3. The summed E-state index contributed by atoms with van der Waals surface area (Å²) in [6, 6.07) is 19.7. The van der Waals surface area contributed by atoms with E-state index in [-0.39, 0.29) is 0 Å². The van der Waals surface area contributed by atoms with Crippen molar-refractivity contribution in [3.63, 3.8) is 0 Å². The fourth-order valence-electron chi connectivity index (χ4n) is 2.25. The number of hydrogen-bond acceptors (Lipinski definition) is 2. The molecule has 0 spiro atoms. The number of aliphatic hydroxyl groups is 2. The van der Waals surface area contributed by atoms with Crippen LogP contribution >= 0.6 is 0 Å². The Morgan fingerprint density at radius 2 is 1.00 bits per heavy atom. The summed E-state index contributed by atoms with van der Waals surface area (Å²) in [6.07, 6.45) is 0.589. The molecule has 2 aromatic carbocycles. The zero-order valence-electron chi connectivity index (χ0n) is 10.9. The van der Waals surface area contributed by atoms with Crippen LogP contribution in [0.25, 0.3) is 0 Å². The molecule has 0 aromatic heterocycles. The third-order valence-corrected chi connectivity index (χ3v) is 3.17. The minimum absolute atomic E-state index is 0.407. The van der Waals surface area contributed by atoms with Gasteiger partial charge in [-0.2, -0.15) is 0 Å². The van der Waals surface area contributed by atoms with E-state index in [2.05, 4.69) is 0 Å². The minimum Gasteiger partial charge on any atom is -0.393 e. The molecule has 19 heavy (non-hydrogen) atoms. The highest BCUT2D eigenvalue weighted by molar-refractivity contribution is 5.16. The lowest BCUT2D eigenvalue weighted by Crippen LogP contribution is -2.21. The summed E-state index contributed by atoms with van der Waals surface area (Å²) < 4.78 is 0. The second-order valence-corrected chi connectivity index (χ2v) is 4.92. The molecule has 2 heteroatoms. The fraction of sp³-hybridized carbons (Fsp3) is 0.294. The molecule has 100 valence electrons. The van der Waals surface area contributed by atoms with Crippen LogP contribution in [-0.4, -0.2) is 22.4 Å². The van der Waals surface area contributed by atoms with Gasteiger partial charge < -0.3 is 10.2 Å². The molecule has 0 aliphatic rings. The van der Waals surface area contributed by atoms with Gasteiger partial charge in [0.05, 0.1) is 12.2 Å². The van der Waals surface area contributed by atoms with E-state index in [0.717, 1.165) is 11.1 Å². The third-order valence-electron chi connectivity index (χ3n) is 3.17. The van der Waals surface area contributed by atoms with Gasteiger partial charge >= 0.3 is 0 Å². The molecule has 2 N–H and O–H groups in total. The lowest BCUT2D eigenvalue weighted by atomic mass is 9.99. The van der Waals surface area contributed by atoms with Crippen molar-refractivity contribution >= 4 is 0 Å². The van der Waals surface area contributed by atoms with E-state index in [1.54, 1.807) is 0 Å². The molecule has 2 unspecified atom stereocenters.